The highest BCUT2D eigenvalue weighted by atomic mass is 16.5. The highest BCUT2D eigenvalue weighted by molar-refractivity contribution is 5.65. The zero-order chi connectivity index (χ0) is 9.23. The van der Waals surface area contributed by atoms with Gasteiger partial charge in [-0.05, 0) is 13.0 Å². The minimum atomic E-state index is -0.203. The summed E-state index contributed by atoms with van der Waals surface area (Å²) < 4.78 is 4.75. The maximum absolute atomic E-state index is 10.3. The zero-order valence-electron chi connectivity index (χ0n) is 8.06. The van der Waals surface area contributed by atoms with Crippen molar-refractivity contribution in [3.8, 4) is 0 Å². The lowest BCUT2D eigenvalue weighted by atomic mass is 10.2. The topological polar surface area (TPSA) is 38.3 Å². The summed E-state index contributed by atoms with van der Waals surface area (Å²) >= 11 is 0. The Morgan fingerprint density at radius 2 is 2.08 bits per heavy atom. The first-order valence-electron chi connectivity index (χ1n) is 4.61. The summed E-state index contributed by atoms with van der Waals surface area (Å²) in [4.78, 5) is 10.3. The van der Waals surface area contributed by atoms with E-state index in [1.165, 1.54) is 26.2 Å². The molecule has 0 aliphatic carbocycles. The number of carbonyl (C=O) groups excluding carboxylic acids is 1. The smallest absolute Gasteiger partial charge is 0.302 e. The Balaban J connectivity index is 2.86. The van der Waals surface area contributed by atoms with Crippen LogP contribution in [0.2, 0.25) is 0 Å². The third kappa shape index (κ3) is 9.43. The van der Waals surface area contributed by atoms with Gasteiger partial charge in [0.05, 0.1) is 0 Å². The second-order valence-electron chi connectivity index (χ2n) is 2.80. The van der Waals surface area contributed by atoms with Crippen molar-refractivity contribution in [1.29, 1.82) is 0 Å². The minimum absolute atomic E-state index is 0.203. The molecule has 1 N–H and O–H groups in total. The number of hydrogen-bond donors (Lipinski definition) is 1. The number of hydrogen-bond acceptors (Lipinski definition) is 3. The van der Waals surface area contributed by atoms with Crippen LogP contribution in [0.4, 0.5) is 0 Å². The molecule has 0 aromatic rings. The van der Waals surface area contributed by atoms with Crippen LogP contribution in [0.25, 0.3) is 0 Å². The normalized spacial score (nSPS) is 9.83. The van der Waals surface area contributed by atoms with Gasteiger partial charge in [-0.2, -0.15) is 0 Å². The fraction of sp³-hybridized carbons (Fsp3) is 0.889. The van der Waals surface area contributed by atoms with E-state index < -0.39 is 0 Å². The molecule has 0 aromatic carbocycles. The van der Waals surface area contributed by atoms with Gasteiger partial charge < -0.3 is 10.1 Å². The summed E-state index contributed by atoms with van der Waals surface area (Å²) in [5, 5.41) is 3.20. The molecular weight excluding hydrogens is 154 g/mol. The minimum Gasteiger partial charge on any atom is -0.465 e. The van der Waals surface area contributed by atoms with E-state index >= 15 is 0 Å². The zero-order valence-corrected chi connectivity index (χ0v) is 8.06. The predicted molar refractivity (Wildman–Crippen MR) is 49.0 cm³/mol. The van der Waals surface area contributed by atoms with E-state index in [-0.39, 0.29) is 5.97 Å². The molecule has 0 saturated carbocycles. The van der Waals surface area contributed by atoms with Gasteiger partial charge in [0.2, 0.25) is 0 Å². The average Bonchev–Trinajstić information content (AvgIpc) is 2.02. The lowest BCUT2D eigenvalue weighted by molar-refractivity contribution is -0.140. The highest BCUT2D eigenvalue weighted by Crippen LogP contribution is 1.90. The van der Waals surface area contributed by atoms with Crippen LogP contribution in [-0.4, -0.2) is 25.7 Å². The van der Waals surface area contributed by atoms with Crippen molar-refractivity contribution < 1.29 is 9.53 Å². The number of nitrogens with one attached hydrogen (secondary N) is 1. The number of unbranched alkanes of at least 4 members (excludes halogenated alkanes) is 2. The van der Waals surface area contributed by atoms with Gasteiger partial charge in [-0.15, -0.1) is 0 Å². The standard InChI is InChI=1S/C9H19NO2/c1-3-4-5-6-10-7-8-12-9(2)11/h10H,3-8H2,1-2H3. The predicted octanol–water partition coefficient (Wildman–Crippen LogP) is 1.33. The summed E-state index contributed by atoms with van der Waals surface area (Å²) in [6, 6.07) is 0. The third-order valence-electron chi connectivity index (χ3n) is 1.54. The van der Waals surface area contributed by atoms with Gasteiger partial charge in [0, 0.05) is 13.5 Å². The Hall–Kier alpha value is -0.570. The van der Waals surface area contributed by atoms with Crippen molar-refractivity contribution in [2.45, 2.75) is 33.1 Å². The van der Waals surface area contributed by atoms with Gasteiger partial charge in [-0.3, -0.25) is 4.79 Å². The van der Waals surface area contributed by atoms with Crippen LogP contribution in [-0.2, 0) is 9.53 Å². The van der Waals surface area contributed by atoms with Crippen LogP contribution in [0, 0.1) is 0 Å². The van der Waals surface area contributed by atoms with Crippen LogP contribution in [0.15, 0.2) is 0 Å². The van der Waals surface area contributed by atoms with Crippen LogP contribution in [0.5, 0.6) is 0 Å². The molecule has 0 spiro atoms. The first-order chi connectivity index (χ1) is 5.77. The van der Waals surface area contributed by atoms with Gasteiger partial charge in [0.15, 0.2) is 0 Å². The van der Waals surface area contributed by atoms with E-state index in [0.717, 1.165) is 13.1 Å². The van der Waals surface area contributed by atoms with Crippen molar-refractivity contribution >= 4 is 5.97 Å². The second-order valence-corrected chi connectivity index (χ2v) is 2.80. The van der Waals surface area contributed by atoms with E-state index in [1.54, 1.807) is 0 Å². The van der Waals surface area contributed by atoms with Gasteiger partial charge >= 0.3 is 5.97 Å². The molecular formula is C9H19NO2. The Labute approximate surface area is 74.5 Å². The Morgan fingerprint density at radius 3 is 2.67 bits per heavy atom. The molecule has 0 aliphatic heterocycles. The monoisotopic (exact) mass is 173 g/mol. The molecule has 72 valence electrons. The van der Waals surface area contributed by atoms with E-state index in [4.69, 9.17) is 4.74 Å². The molecule has 0 amide bonds. The molecule has 0 fully saturated rings. The summed E-state index contributed by atoms with van der Waals surface area (Å²) in [6.07, 6.45) is 3.71. The fourth-order valence-electron chi connectivity index (χ4n) is 0.892. The molecule has 0 aromatic heterocycles. The first kappa shape index (κ1) is 11.4. The summed E-state index contributed by atoms with van der Waals surface area (Å²) in [5.41, 5.74) is 0. The Kier molecular flexibility index (Phi) is 8.12. The first-order valence-corrected chi connectivity index (χ1v) is 4.61. The van der Waals surface area contributed by atoms with Crippen molar-refractivity contribution in [1.82, 2.24) is 5.32 Å². The maximum Gasteiger partial charge on any atom is 0.302 e. The fourth-order valence-corrected chi connectivity index (χ4v) is 0.892. The number of rotatable bonds is 7. The van der Waals surface area contributed by atoms with Crippen LogP contribution in [0.1, 0.15) is 33.1 Å². The van der Waals surface area contributed by atoms with Crippen LogP contribution in [0.3, 0.4) is 0 Å². The van der Waals surface area contributed by atoms with E-state index in [2.05, 4.69) is 12.2 Å². The summed E-state index contributed by atoms with van der Waals surface area (Å²) in [5.74, 6) is -0.203. The molecule has 0 aliphatic rings. The molecule has 3 nitrogen and oxygen atoms in total. The maximum atomic E-state index is 10.3. The van der Waals surface area contributed by atoms with Crippen LogP contribution < -0.4 is 5.32 Å². The molecule has 0 atom stereocenters. The second kappa shape index (κ2) is 8.53. The molecule has 0 unspecified atom stereocenters. The number of esters is 1. The number of carbonyl (C=O) groups is 1. The molecule has 12 heavy (non-hydrogen) atoms. The van der Waals surface area contributed by atoms with Crippen molar-refractivity contribution in [2.24, 2.45) is 0 Å². The van der Waals surface area contributed by atoms with Crippen molar-refractivity contribution in [2.75, 3.05) is 19.7 Å². The van der Waals surface area contributed by atoms with E-state index in [1.807, 2.05) is 0 Å². The third-order valence-corrected chi connectivity index (χ3v) is 1.54. The Morgan fingerprint density at radius 1 is 1.33 bits per heavy atom. The molecule has 0 rings (SSSR count). The lowest BCUT2D eigenvalue weighted by Crippen LogP contribution is -2.21. The molecule has 0 heterocycles. The van der Waals surface area contributed by atoms with Gasteiger partial charge in [-0.25, -0.2) is 0 Å². The summed E-state index contributed by atoms with van der Waals surface area (Å²) in [6.45, 7) is 5.88. The highest BCUT2D eigenvalue weighted by Gasteiger charge is 1.91. The molecule has 0 bridgehead atoms. The number of ether oxygens (including phenoxy) is 1. The quantitative estimate of drug-likeness (QED) is 0.466. The average molecular weight is 173 g/mol. The lowest BCUT2D eigenvalue weighted by Gasteiger charge is -2.03. The molecule has 3 heteroatoms. The van der Waals surface area contributed by atoms with Crippen molar-refractivity contribution in [3.63, 3.8) is 0 Å². The van der Waals surface area contributed by atoms with Gasteiger partial charge in [0.25, 0.3) is 0 Å². The largest absolute Gasteiger partial charge is 0.465 e. The van der Waals surface area contributed by atoms with E-state index in [0.29, 0.717) is 6.61 Å². The van der Waals surface area contributed by atoms with Crippen LogP contribution >= 0.6 is 0 Å². The molecule has 0 saturated heterocycles. The van der Waals surface area contributed by atoms with E-state index in [9.17, 15) is 4.79 Å². The Bertz CT molecular complexity index is 115. The van der Waals surface area contributed by atoms with Gasteiger partial charge in [-0.1, -0.05) is 19.8 Å². The summed E-state index contributed by atoms with van der Waals surface area (Å²) in [7, 11) is 0. The SMILES string of the molecule is CCCCCNCCOC(C)=O. The molecule has 0 radical (unpaired) electrons. The van der Waals surface area contributed by atoms with Crippen molar-refractivity contribution in [3.05, 3.63) is 0 Å². The van der Waals surface area contributed by atoms with Gasteiger partial charge in [0.1, 0.15) is 6.61 Å².